The van der Waals surface area contributed by atoms with Gasteiger partial charge in [-0.25, -0.2) is 0 Å². The summed E-state index contributed by atoms with van der Waals surface area (Å²) in [4.78, 5) is 1.47. The first kappa shape index (κ1) is 13.2. The number of fused-ring (bicyclic) bond motifs is 2. The molecule has 0 aliphatic carbocycles. The topological polar surface area (TPSA) is 18.5 Å². The van der Waals surface area contributed by atoms with E-state index < -0.39 is 0 Å². The molecule has 2 aromatic carbocycles. The van der Waals surface area contributed by atoms with Crippen LogP contribution in [-0.2, 0) is 0 Å². The second-order valence-electron chi connectivity index (χ2n) is 4.95. The van der Waals surface area contributed by atoms with Gasteiger partial charge in [0.1, 0.15) is 13.2 Å². The molecule has 2 nitrogen and oxygen atoms in total. The lowest BCUT2D eigenvalue weighted by molar-refractivity contribution is 0.171. The number of thiophene rings is 1. The summed E-state index contributed by atoms with van der Waals surface area (Å²) in [6, 6.07) is 16.9. The average molecular weight is 361 g/mol. The van der Waals surface area contributed by atoms with Gasteiger partial charge in [0.05, 0.1) is 4.83 Å². The van der Waals surface area contributed by atoms with Crippen LogP contribution in [0.3, 0.4) is 0 Å². The standard InChI is InChI=1S/C17H13BrO2S/c18-17(16-10-11-3-1-2-4-15(11)21-16)12-5-6-13-14(9-12)20-8-7-19-13/h1-6,9-10,17H,7-8H2. The maximum atomic E-state index is 5.67. The van der Waals surface area contributed by atoms with Crippen molar-refractivity contribution in [1.29, 1.82) is 0 Å². The highest BCUT2D eigenvalue weighted by atomic mass is 79.9. The normalized spacial score (nSPS) is 15.1. The molecule has 1 aromatic heterocycles. The van der Waals surface area contributed by atoms with Gasteiger partial charge < -0.3 is 9.47 Å². The van der Waals surface area contributed by atoms with E-state index in [0.29, 0.717) is 13.2 Å². The maximum Gasteiger partial charge on any atom is 0.161 e. The molecule has 1 atom stereocenters. The van der Waals surface area contributed by atoms with Gasteiger partial charge in [0.25, 0.3) is 0 Å². The third kappa shape index (κ3) is 2.43. The van der Waals surface area contributed by atoms with Crippen LogP contribution < -0.4 is 9.47 Å². The summed E-state index contributed by atoms with van der Waals surface area (Å²) in [6.45, 7) is 1.24. The van der Waals surface area contributed by atoms with Crippen molar-refractivity contribution in [2.45, 2.75) is 4.83 Å². The van der Waals surface area contributed by atoms with E-state index >= 15 is 0 Å². The van der Waals surface area contributed by atoms with Crippen LogP contribution in [-0.4, -0.2) is 13.2 Å². The van der Waals surface area contributed by atoms with E-state index in [2.05, 4.69) is 58.4 Å². The second kappa shape index (κ2) is 5.35. The molecule has 0 saturated carbocycles. The van der Waals surface area contributed by atoms with E-state index in [1.165, 1.54) is 20.5 Å². The minimum Gasteiger partial charge on any atom is -0.486 e. The highest BCUT2D eigenvalue weighted by Crippen LogP contribution is 2.41. The lowest BCUT2D eigenvalue weighted by atomic mass is 10.1. The lowest BCUT2D eigenvalue weighted by Crippen LogP contribution is -2.15. The van der Waals surface area contributed by atoms with E-state index in [-0.39, 0.29) is 4.83 Å². The van der Waals surface area contributed by atoms with Crippen molar-refractivity contribution in [3.63, 3.8) is 0 Å². The van der Waals surface area contributed by atoms with E-state index in [9.17, 15) is 0 Å². The molecule has 1 aliphatic rings. The van der Waals surface area contributed by atoms with Crippen molar-refractivity contribution in [1.82, 2.24) is 0 Å². The molecule has 0 saturated heterocycles. The molecule has 0 N–H and O–H groups in total. The monoisotopic (exact) mass is 360 g/mol. The first-order valence-electron chi connectivity index (χ1n) is 6.83. The number of ether oxygens (including phenoxy) is 2. The molecule has 2 heterocycles. The van der Waals surface area contributed by atoms with Crippen LogP contribution in [0.2, 0.25) is 0 Å². The van der Waals surface area contributed by atoms with E-state index in [1.54, 1.807) is 0 Å². The number of hydrogen-bond donors (Lipinski definition) is 0. The van der Waals surface area contributed by atoms with Crippen LogP contribution in [0.15, 0.2) is 48.5 Å². The molecule has 106 valence electrons. The third-order valence-corrected chi connectivity index (χ3v) is 6.06. The van der Waals surface area contributed by atoms with Crippen molar-refractivity contribution < 1.29 is 9.47 Å². The molecule has 4 heteroatoms. The van der Waals surface area contributed by atoms with Crippen molar-refractivity contribution in [2.75, 3.05) is 13.2 Å². The summed E-state index contributed by atoms with van der Waals surface area (Å²) < 4.78 is 12.6. The summed E-state index contributed by atoms with van der Waals surface area (Å²) in [7, 11) is 0. The highest BCUT2D eigenvalue weighted by molar-refractivity contribution is 9.09. The Balaban J connectivity index is 1.71. The van der Waals surface area contributed by atoms with E-state index in [0.717, 1.165) is 11.5 Å². The quantitative estimate of drug-likeness (QED) is 0.587. The number of benzene rings is 2. The SMILES string of the molecule is BrC(c1ccc2c(c1)OCCO2)c1cc2ccccc2s1. The minimum absolute atomic E-state index is 0.172. The molecule has 0 spiro atoms. The van der Waals surface area contributed by atoms with Crippen molar-refractivity contribution >= 4 is 37.4 Å². The molecule has 1 unspecified atom stereocenters. The van der Waals surface area contributed by atoms with Crippen LogP contribution in [0.5, 0.6) is 11.5 Å². The Labute approximate surface area is 135 Å². The smallest absolute Gasteiger partial charge is 0.161 e. The maximum absolute atomic E-state index is 5.67. The Morgan fingerprint density at radius 3 is 2.62 bits per heavy atom. The highest BCUT2D eigenvalue weighted by Gasteiger charge is 2.18. The van der Waals surface area contributed by atoms with Gasteiger partial charge in [0, 0.05) is 9.58 Å². The lowest BCUT2D eigenvalue weighted by Gasteiger charge is -2.19. The molecule has 1 aliphatic heterocycles. The Bertz CT molecular complexity index is 763. The zero-order chi connectivity index (χ0) is 14.2. The average Bonchev–Trinajstić information content (AvgIpc) is 2.97. The van der Waals surface area contributed by atoms with Crippen molar-refractivity contribution in [2.24, 2.45) is 0 Å². The fraction of sp³-hybridized carbons (Fsp3) is 0.176. The Morgan fingerprint density at radius 1 is 0.952 bits per heavy atom. The van der Waals surface area contributed by atoms with Crippen LogP contribution in [0.1, 0.15) is 15.3 Å². The van der Waals surface area contributed by atoms with E-state index in [1.807, 2.05) is 17.4 Å². The zero-order valence-corrected chi connectivity index (χ0v) is 13.6. The van der Waals surface area contributed by atoms with Gasteiger partial charge in [-0.05, 0) is 35.2 Å². The Morgan fingerprint density at radius 2 is 1.76 bits per heavy atom. The van der Waals surface area contributed by atoms with Gasteiger partial charge in [-0.2, -0.15) is 0 Å². The van der Waals surface area contributed by atoms with Gasteiger partial charge in [-0.1, -0.05) is 40.2 Å². The minimum atomic E-state index is 0.172. The molecule has 4 rings (SSSR count). The van der Waals surface area contributed by atoms with Gasteiger partial charge >= 0.3 is 0 Å². The molecule has 21 heavy (non-hydrogen) atoms. The van der Waals surface area contributed by atoms with Crippen molar-refractivity contribution in [3.05, 3.63) is 59.0 Å². The molecular formula is C17H13BrO2S. The number of halogens is 1. The van der Waals surface area contributed by atoms with Crippen LogP contribution in [0.4, 0.5) is 0 Å². The Hall–Kier alpha value is -1.52. The molecule has 0 amide bonds. The summed E-state index contributed by atoms with van der Waals surface area (Å²) in [5, 5.41) is 1.29. The van der Waals surface area contributed by atoms with Gasteiger partial charge in [0.2, 0.25) is 0 Å². The number of alkyl halides is 1. The predicted octanol–water partition coefficient (Wildman–Crippen LogP) is 5.16. The number of hydrogen-bond acceptors (Lipinski definition) is 3. The third-order valence-electron chi connectivity index (χ3n) is 3.55. The predicted molar refractivity (Wildman–Crippen MR) is 90.0 cm³/mol. The van der Waals surface area contributed by atoms with Crippen LogP contribution in [0, 0.1) is 0 Å². The summed E-state index contributed by atoms with van der Waals surface area (Å²) in [5.74, 6) is 1.67. The molecular weight excluding hydrogens is 348 g/mol. The molecule has 0 bridgehead atoms. The zero-order valence-electron chi connectivity index (χ0n) is 11.2. The first-order valence-corrected chi connectivity index (χ1v) is 8.56. The van der Waals surface area contributed by atoms with Gasteiger partial charge in [-0.3, -0.25) is 0 Å². The summed E-state index contributed by atoms with van der Waals surface area (Å²) >= 11 is 5.63. The summed E-state index contributed by atoms with van der Waals surface area (Å²) in [5.41, 5.74) is 1.19. The van der Waals surface area contributed by atoms with Crippen LogP contribution >= 0.6 is 27.3 Å². The largest absolute Gasteiger partial charge is 0.486 e. The Kier molecular flexibility index (Phi) is 3.36. The molecule has 0 radical (unpaired) electrons. The molecule has 3 aromatic rings. The second-order valence-corrected chi connectivity index (χ2v) is 6.98. The first-order chi connectivity index (χ1) is 10.3. The number of rotatable bonds is 2. The van der Waals surface area contributed by atoms with Gasteiger partial charge in [0.15, 0.2) is 11.5 Å². The molecule has 0 fully saturated rings. The van der Waals surface area contributed by atoms with Gasteiger partial charge in [-0.15, -0.1) is 11.3 Å². The fourth-order valence-corrected chi connectivity index (χ4v) is 4.28. The van der Waals surface area contributed by atoms with E-state index in [4.69, 9.17) is 9.47 Å². The van der Waals surface area contributed by atoms with Crippen LogP contribution in [0.25, 0.3) is 10.1 Å². The van der Waals surface area contributed by atoms with Crippen molar-refractivity contribution in [3.8, 4) is 11.5 Å². The summed E-state index contributed by atoms with van der Waals surface area (Å²) in [6.07, 6.45) is 0. The fourth-order valence-electron chi connectivity index (χ4n) is 2.51.